The molecule has 1 aromatic heterocycles. The Hall–Kier alpha value is -1.05. The number of aliphatic imine (C=N–C) groups is 1. The summed E-state index contributed by atoms with van der Waals surface area (Å²) < 4.78 is 5.50. The van der Waals surface area contributed by atoms with Crippen molar-refractivity contribution in [2.75, 3.05) is 6.54 Å². The molecule has 0 unspecified atom stereocenters. The molecule has 0 radical (unpaired) electrons. The summed E-state index contributed by atoms with van der Waals surface area (Å²) >= 11 is 0. The molecule has 0 saturated heterocycles. The van der Waals surface area contributed by atoms with Gasteiger partial charge < -0.3 is 4.42 Å². The van der Waals surface area contributed by atoms with Crippen LogP contribution >= 0.6 is 0 Å². The maximum atomic E-state index is 5.50. The Morgan fingerprint density at radius 3 is 3.00 bits per heavy atom. The molecule has 0 bridgehead atoms. The number of hydrogen-bond donors (Lipinski definition) is 0. The van der Waals surface area contributed by atoms with Gasteiger partial charge in [0.15, 0.2) is 0 Å². The van der Waals surface area contributed by atoms with Crippen LogP contribution in [0.4, 0.5) is 0 Å². The Kier molecular flexibility index (Phi) is 1.34. The summed E-state index contributed by atoms with van der Waals surface area (Å²) in [6, 6.07) is 2.06. The third-order valence-electron chi connectivity index (χ3n) is 2.01. The zero-order chi connectivity index (χ0) is 7.84. The summed E-state index contributed by atoms with van der Waals surface area (Å²) in [5, 5.41) is 0. The van der Waals surface area contributed by atoms with Gasteiger partial charge in [0.2, 0.25) is 0 Å². The molecule has 0 N–H and O–H groups in total. The summed E-state index contributed by atoms with van der Waals surface area (Å²) in [4.78, 5) is 4.34. The van der Waals surface area contributed by atoms with E-state index < -0.39 is 0 Å². The zero-order valence-electron chi connectivity index (χ0n) is 6.85. The molecule has 1 aromatic rings. The standard InChI is InChI=1S/C9H11NO/c1-6-5-8-7(2)10-4-3-9(8)11-6/h5H,3-4H2,1-2H3. The minimum atomic E-state index is 0.881. The average Bonchev–Trinajstić information content (AvgIpc) is 2.31. The second-order valence-electron chi connectivity index (χ2n) is 2.91. The first kappa shape index (κ1) is 6.65. The number of furan rings is 1. The van der Waals surface area contributed by atoms with Gasteiger partial charge in [0.25, 0.3) is 0 Å². The van der Waals surface area contributed by atoms with E-state index in [0.29, 0.717) is 0 Å². The third kappa shape index (κ3) is 0.985. The fourth-order valence-corrected chi connectivity index (χ4v) is 1.46. The molecular formula is C9H11NO. The van der Waals surface area contributed by atoms with Gasteiger partial charge >= 0.3 is 0 Å². The van der Waals surface area contributed by atoms with Crippen LogP contribution < -0.4 is 0 Å². The molecule has 0 amide bonds. The average molecular weight is 149 g/mol. The molecule has 0 atom stereocenters. The molecule has 58 valence electrons. The normalized spacial score (nSPS) is 16.0. The first-order valence-electron chi connectivity index (χ1n) is 3.88. The van der Waals surface area contributed by atoms with Gasteiger partial charge in [0.05, 0.1) is 0 Å². The molecule has 2 rings (SSSR count). The van der Waals surface area contributed by atoms with E-state index in [9.17, 15) is 0 Å². The van der Waals surface area contributed by atoms with Crippen LogP contribution in [0.15, 0.2) is 15.5 Å². The number of rotatable bonds is 0. The van der Waals surface area contributed by atoms with Gasteiger partial charge in [-0.05, 0) is 19.9 Å². The summed E-state index contributed by atoms with van der Waals surface area (Å²) in [7, 11) is 0. The lowest BCUT2D eigenvalue weighted by Gasteiger charge is -2.06. The highest BCUT2D eigenvalue weighted by atomic mass is 16.3. The highest BCUT2D eigenvalue weighted by Gasteiger charge is 2.14. The van der Waals surface area contributed by atoms with Crippen molar-refractivity contribution in [1.29, 1.82) is 0 Å². The van der Waals surface area contributed by atoms with Crippen LogP contribution in [0.25, 0.3) is 0 Å². The minimum absolute atomic E-state index is 0.881. The lowest BCUT2D eigenvalue weighted by molar-refractivity contribution is 0.482. The quantitative estimate of drug-likeness (QED) is 0.553. The molecule has 0 spiro atoms. The molecule has 1 aliphatic heterocycles. The Morgan fingerprint density at radius 2 is 2.27 bits per heavy atom. The predicted octanol–water partition coefficient (Wildman–Crippen LogP) is 1.95. The summed E-state index contributed by atoms with van der Waals surface area (Å²) in [6.07, 6.45) is 0.959. The van der Waals surface area contributed by atoms with Crippen LogP contribution in [0.2, 0.25) is 0 Å². The predicted molar refractivity (Wildman–Crippen MR) is 44.2 cm³/mol. The van der Waals surface area contributed by atoms with Crippen molar-refractivity contribution in [3.8, 4) is 0 Å². The number of fused-ring (bicyclic) bond motifs is 1. The molecule has 1 aliphatic rings. The minimum Gasteiger partial charge on any atom is -0.466 e. The van der Waals surface area contributed by atoms with Crippen LogP contribution in [0.5, 0.6) is 0 Å². The van der Waals surface area contributed by atoms with Crippen LogP contribution in [-0.4, -0.2) is 12.3 Å². The molecule has 2 nitrogen and oxygen atoms in total. The van der Waals surface area contributed by atoms with Crippen molar-refractivity contribution in [3.05, 3.63) is 23.2 Å². The fourth-order valence-electron chi connectivity index (χ4n) is 1.46. The summed E-state index contributed by atoms with van der Waals surface area (Å²) in [5.74, 6) is 2.10. The van der Waals surface area contributed by atoms with Gasteiger partial charge in [-0.3, -0.25) is 4.99 Å². The molecule has 0 fully saturated rings. The smallest absolute Gasteiger partial charge is 0.115 e. The molecule has 0 aliphatic carbocycles. The topological polar surface area (TPSA) is 25.5 Å². The Morgan fingerprint density at radius 1 is 1.45 bits per heavy atom. The number of aryl methyl sites for hydroxylation is 1. The van der Waals surface area contributed by atoms with Crippen molar-refractivity contribution >= 4 is 5.71 Å². The first-order valence-corrected chi connectivity index (χ1v) is 3.88. The van der Waals surface area contributed by atoms with Crippen molar-refractivity contribution < 1.29 is 4.42 Å². The van der Waals surface area contributed by atoms with Crippen molar-refractivity contribution in [3.63, 3.8) is 0 Å². The molecule has 0 aromatic carbocycles. The lowest BCUT2D eigenvalue weighted by Crippen LogP contribution is -2.06. The Bertz CT molecular complexity index is 309. The second-order valence-corrected chi connectivity index (χ2v) is 2.91. The Balaban J connectivity index is 2.55. The van der Waals surface area contributed by atoms with E-state index in [1.54, 1.807) is 0 Å². The number of nitrogens with zero attached hydrogens (tertiary/aromatic N) is 1. The van der Waals surface area contributed by atoms with E-state index in [1.165, 1.54) is 5.56 Å². The van der Waals surface area contributed by atoms with Crippen molar-refractivity contribution in [2.45, 2.75) is 20.3 Å². The van der Waals surface area contributed by atoms with Crippen molar-refractivity contribution in [2.24, 2.45) is 4.99 Å². The summed E-state index contributed by atoms with van der Waals surface area (Å²) in [5.41, 5.74) is 2.32. The highest BCUT2D eigenvalue weighted by Crippen LogP contribution is 2.19. The van der Waals surface area contributed by atoms with Gasteiger partial charge in [0.1, 0.15) is 11.5 Å². The van der Waals surface area contributed by atoms with Crippen LogP contribution in [0.3, 0.4) is 0 Å². The van der Waals surface area contributed by atoms with Crippen molar-refractivity contribution in [1.82, 2.24) is 0 Å². The monoisotopic (exact) mass is 149 g/mol. The molecule has 2 heteroatoms. The van der Waals surface area contributed by atoms with E-state index in [2.05, 4.69) is 11.1 Å². The van der Waals surface area contributed by atoms with Gasteiger partial charge in [0, 0.05) is 24.2 Å². The number of hydrogen-bond acceptors (Lipinski definition) is 2. The van der Waals surface area contributed by atoms with E-state index >= 15 is 0 Å². The Labute approximate surface area is 65.9 Å². The van der Waals surface area contributed by atoms with E-state index in [-0.39, 0.29) is 0 Å². The molecular weight excluding hydrogens is 138 g/mol. The van der Waals surface area contributed by atoms with Crippen LogP contribution in [0.1, 0.15) is 24.0 Å². The first-order chi connectivity index (χ1) is 5.27. The molecule has 2 heterocycles. The van der Waals surface area contributed by atoms with E-state index in [1.807, 2.05) is 13.8 Å². The molecule has 0 saturated carbocycles. The van der Waals surface area contributed by atoms with E-state index in [4.69, 9.17) is 4.42 Å². The second kappa shape index (κ2) is 2.22. The third-order valence-corrected chi connectivity index (χ3v) is 2.01. The SMILES string of the molecule is CC1=NCCc2oc(C)cc21. The molecule has 11 heavy (non-hydrogen) atoms. The van der Waals surface area contributed by atoms with Crippen LogP contribution in [0, 0.1) is 6.92 Å². The van der Waals surface area contributed by atoms with Gasteiger partial charge in [-0.1, -0.05) is 0 Å². The highest BCUT2D eigenvalue weighted by molar-refractivity contribution is 6.00. The van der Waals surface area contributed by atoms with Gasteiger partial charge in [-0.25, -0.2) is 0 Å². The zero-order valence-corrected chi connectivity index (χ0v) is 6.85. The van der Waals surface area contributed by atoms with Gasteiger partial charge in [-0.2, -0.15) is 0 Å². The maximum Gasteiger partial charge on any atom is 0.115 e. The van der Waals surface area contributed by atoms with E-state index in [0.717, 1.165) is 30.2 Å². The van der Waals surface area contributed by atoms with Gasteiger partial charge in [-0.15, -0.1) is 0 Å². The fraction of sp³-hybridized carbons (Fsp3) is 0.444. The largest absolute Gasteiger partial charge is 0.466 e. The summed E-state index contributed by atoms with van der Waals surface area (Å²) in [6.45, 7) is 4.89. The lowest BCUT2D eigenvalue weighted by atomic mass is 10.1. The maximum absolute atomic E-state index is 5.50. The van der Waals surface area contributed by atoms with Crippen LogP contribution in [-0.2, 0) is 6.42 Å².